The number of amides is 1. The van der Waals surface area contributed by atoms with Crippen molar-refractivity contribution in [2.75, 3.05) is 11.1 Å². The van der Waals surface area contributed by atoms with E-state index in [1.807, 2.05) is 0 Å². The number of hydrogen-bond acceptors (Lipinski definition) is 4. The molecule has 1 amide bonds. The Morgan fingerprint density at radius 1 is 1.15 bits per heavy atom. The molecule has 0 radical (unpaired) electrons. The maximum atomic E-state index is 13.0. The van der Waals surface area contributed by atoms with E-state index in [1.54, 1.807) is 30.3 Å². The molecule has 0 heterocycles. The minimum atomic E-state index is -0.396. The molecule has 0 atom stereocenters. The quantitative estimate of drug-likeness (QED) is 0.370. The van der Waals surface area contributed by atoms with Gasteiger partial charge in [-0.25, -0.2) is 4.39 Å². The lowest BCUT2D eigenvalue weighted by atomic mass is 10.1. The third-order valence-electron chi connectivity index (χ3n) is 3.37. The van der Waals surface area contributed by atoms with Crippen LogP contribution in [0, 0.1) is 5.82 Å². The number of anilines is 1. The minimum Gasteiger partial charge on any atom is -0.331 e. The maximum Gasteiger partial charge on any atom is 0.248 e. The fourth-order valence-corrected chi connectivity index (χ4v) is 3.32. The molecule has 0 aliphatic heterocycles. The summed E-state index contributed by atoms with van der Waals surface area (Å²) in [5.74, 6) is -0.0233. The summed E-state index contributed by atoms with van der Waals surface area (Å²) in [5.41, 5.74) is 7.13. The largest absolute Gasteiger partial charge is 0.331 e. The molecule has 2 aromatic rings. The zero-order chi connectivity index (χ0) is 19.8. The van der Waals surface area contributed by atoms with Gasteiger partial charge in [-0.1, -0.05) is 17.7 Å². The maximum absolute atomic E-state index is 13.0. The highest BCUT2D eigenvalue weighted by molar-refractivity contribution is 7.99. The number of carbonyl (C=O) groups excluding carboxylic acids is 2. The lowest BCUT2D eigenvalue weighted by Crippen LogP contribution is -2.44. The van der Waals surface area contributed by atoms with Crippen LogP contribution in [0.4, 0.5) is 10.1 Å². The van der Waals surface area contributed by atoms with Gasteiger partial charge in [0.2, 0.25) is 5.91 Å². The number of benzene rings is 2. The average Bonchev–Trinajstić information content (AvgIpc) is 2.62. The smallest absolute Gasteiger partial charge is 0.248 e. The highest BCUT2D eigenvalue weighted by atomic mass is 35.5. The van der Waals surface area contributed by atoms with E-state index in [4.69, 9.17) is 23.8 Å². The molecule has 0 saturated heterocycles. The second-order valence-electron chi connectivity index (χ2n) is 5.49. The summed E-state index contributed by atoms with van der Waals surface area (Å²) in [6.45, 7) is 1.49. The summed E-state index contributed by atoms with van der Waals surface area (Å²) in [5, 5.41) is 3.44. The van der Waals surface area contributed by atoms with Crippen molar-refractivity contribution in [3.63, 3.8) is 0 Å². The van der Waals surface area contributed by atoms with Crippen LogP contribution in [-0.2, 0) is 10.5 Å². The van der Waals surface area contributed by atoms with Gasteiger partial charge < -0.3 is 5.32 Å². The van der Waals surface area contributed by atoms with Crippen LogP contribution >= 0.6 is 35.6 Å². The van der Waals surface area contributed by atoms with Crippen LogP contribution in [0.1, 0.15) is 22.8 Å². The predicted molar refractivity (Wildman–Crippen MR) is 112 cm³/mol. The first-order valence-electron chi connectivity index (χ1n) is 7.83. The van der Waals surface area contributed by atoms with E-state index in [1.165, 1.54) is 30.8 Å². The van der Waals surface area contributed by atoms with Crippen LogP contribution in [0.5, 0.6) is 0 Å². The van der Waals surface area contributed by atoms with Crippen molar-refractivity contribution < 1.29 is 14.0 Å². The van der Waals surface area contributed by atoms with Gasteiger partial charge in [0, 0.05) is 22.0 Å². The van der Waals surface area contributed by atoms with E-state index in [2.05, 4.69) is 16.2 Å². The van der Waals surface area contributed by atoms with E-state index >= 15 is 0 Å². The van der Waals surface area contributed by atoms with Crippen molar-refractivity contribution in [2.45, 2.75) is 12.7 Å². The monoisotopic (exact) mass is 425 g/mol. The van der Waals surface area contributed by atoms with Gasteiger partial charge in [0.05, 0.1) is 5.75 Å². The molecule has 0 aliphatic rings. The number of hydrogen-bond donors (Lipinski definition) is 3. The van der Waals surface area contributed by atoms with Crippen LogP contribution in [-0.4, -0.2) is 22.6 Å². The van der Waals surface area contributed by atoms with Crippen molar-refractivity contribution >= 4 is 58.1 Å². The van der Waals surface area contributed by atoms with Gasteiger partial charge in [-0.05, 0) is 61.1 Å². The Hall–Kier alpha value is -2.16. The number of thioether (sulfide) groups is 1. The Labute approximate surface area is 171 Å². The zero-order valence-electron chi connectivity index (χ0n) is 14.3. The Bertz CT molecular complexity index is 847. The molecule has 3 N–H and O–H groups in total. The normalized spacial score (nSPS) is 10.2. The molecular formula is C18H17ClFN3O2S2. The van der Waals surface area contributed by atoms with Gasteiger partial charge in [-0.2, -0.15) is 0 Å². The van der Waals surface area contributed by atoms with Crippen LogP contribution in [0.2, 0.25) is 5.02 Å². The molecule has 27 heavy (non-hydrogen) atoms. The van der Waals surface area contributed by atoms with E-state index < -0.39 is 5.82 Å². The molecule has 0 aromatic heterocycles. The summed E-state index contributed by atoms with van der Waals surface area (Å²) in [6, 6.07) is 11.0. The highest BCUT2D eigenvalue weighted by Crippen LogP contribution is 2.22. The number of hydrazine groups is 1. The number of nitrogens with one attached hydrogen (secondary N) is 3. The summed E-state index contributed by atoms with van der Waals surface area (Å²) in [4.78, 5) is 23.1. The van der Waals surface area contributed by atoms with Crippen LogP contribution < -0.4 is 16.2 Å². The van der Waals surface area contributed by atoms with Gasteiger partial charge in [-0.15, -0.1) is 11.8 Å². The van der Waals surface area contributed by atoms with Gasteiger partial charge >= 0.3 is 0 Å². The molecule has 9 heteroatoms. The molecular weight excluding hydrogens is 409 g/mol. The summed E-state index contributed by atoms with van der Waals surface area (Å²) < 4.78 is 13.0. The molecule has 0 bridgehead atoms. The van der Waals surface area contributed by atoms with Crippen molar-refractivity contribution in [3.05, 3.63) is 64.4 Å². The second kappa shape index (κ2) is 10.2. The van der Waals surface area contributed by atoms with Gasteiger partial charge in [0.15, 0.2) is 10.9 Å². The Morgan fingerprint density at radius 3 is 2.48 bits per heavy atom. The molecule has 2 aromatic carbocycles. The minimum absolute atomic E-state index is 0.0195. The number of rotatable bonds is 6. The van der Waals surface area contributed by atoms with Gasteiger partial charge in [0.1, 0.15) is 5.82 Å². The fourth-order valence-electron chi connectivity index (χ4n) is 2.01. The van der Waals surface area contributed by atoms with Gasteiger partial charge in [0.25, 0.3) is 0 Å². The number of Topliss-reactive ketones (excluding diaryl/α,β-unsaturated/α-hetero) is 1. The fraction of sp³-hybridized carbons (Fsp3) is 0.167. The van der Waals surface area contributed by atoms with E-state index in [0.29, 0.717) is 22.0 Å². The average molecular weight is 426 g/mol. The van der Waals surface area contributed by atoms with E-state index in [-0.39, 0.29) is 22.6 Å². The molecule has 0 aliphatic carbocycles. The number of thiocarbonyl (C=S) groups is 1. The van der Waals surface area contributed by atoms with Crippen molar-refractivity contribution in [1.29, 1.82) is 0 Å². The van der Waals surface area contributed by atoms with Crippen LogP contribution in [0.25, 0.3) is 0 Å². The molecule has 0 spiro atoms. The first kappa shape index (κ1) is 21.1. The Balaban J connectivity index is 1.70. The van der Waals surface area contributed by atoms with Crippen LogP contribution in [0.3, 0.4) is 0 Å². The topological polar surface area (TPSA) is 70.2 Å². The number of halogens is 2. The first-order chi connectivity index (χ1) is 12.8. The third kappa shape index (κ3) is 7.16. The summed E-state index contributed by atoms with van der Waals surface area (Å²) in [6.07, 6.45) is 0. The standard InChI is InChI=1S/C18H17ClFN3O2S2/c1-11(24)12-3-6-15(7-4-12)21-18(26)23-22-17(25)10-27-9-13-2-5-14(20)8-16(13)19/h2-8H,9-10H2,1H3,(H,22,25)(H2,21,23,26). The van der Waals surface area contributed by atoms with Crippen molar-refractivity contribution in [3.8, 4) is 0 Å². The lowest BCUT2D eigenvalue weighted by molar-refractivity contribution is -0.119. The molecule has 0 unspecified atom stereocenters. The summed E-state index contributed by atoms with van der Waals surface area (Å²) >= 11 is 12.4. The Morgan fingerprint density at radius 2 is 1.85 bits per heavy atom. The second-order valence-corrected chi connectivity index (χ2v) is 7.29. The van der Waals surface area contributed by atoms with Crippen molar-refractivity contribution in [2.24, 2.45) is 0 Å². The van der Waals surface area contributed by atoms with Gasteiger partial charge in [-0.3, -0.25) is 20.4 Å². The zero-order valence-corrected chi connectivity index (χ0v) is 16.7. The van der Waals surface area contributed by atoms with E-state index in [0.717, 1.165) is 5.56 Å². The molecule has 142 valence electrons. The summed E-state index contributed by atoms with van der Waals surface area (Å²) in [7, 11) is 0. The molecule has 5 nitrogen and oxygen atoms in total. The SMILES string of the molecule is CC(=O)c1ccc(NC(=S)NNC(=O)CSCc2ccc(F)cc2Cl)cc1. The van der Waals surface area contributed by atoms with Crippen molar-refractivity contribution in [1.82, 2.24) is 10.9 Å². The molecule has 0 fully saturated rings. The highest BCUT2D eigenvalue weighted by Gasteiger charge is 2.06. The number of carbonyl (C=O) groups is 2. The molecule has 2 rings (SSSR count). The first-order valence-corrected chi connectivity index (χ1v) is 9.78. The number of ketones is 1. The third-order valence-corrected chi connectivity index (χ3v) is 4.91. The lowest BCUT2D eigenvalue weighted by Gasteiger charge is -2.12. The van der Waals surface area contributed by atoms with E-state index in [9.17, 15) is 14.0 Å². The molecule has 0 saturated carbocycles. The van der Waals surface area contributed by atoms with Crippen LogP contribution in [0.15, 0.2) is 42.5 Å². The predicted octanol–water partition coefficient (Wildman–Crippen LogP) is 3.93. The Kier molecular flexibility index (Phi) is 8.02.